The molecule has 1 aromatic rings. The molecule has 0 saturated carbocycles. The van der Waals surface area contributed by atoms with Gasteiger partial charge in [0.25, 0.3) is 0 Å². The van der Waals surface area contributed by atoms with Crippen LogP contribution in [0.1, 0.15) is 19.4 Å². The molecule has 1 rings (SSSR count). The van der Waals surface area contributed by atoms with Crippen LogP contribution in [0.4, 0.5) is 8.78 Å². The van der Waals surface area contributed by atoms with E-state index in [4.69, 9.17) is 15.7 Å². The monoisotopic (exact) mass is 287 g/mol. The summed E-state index contributed by atoms with van der Waals surface area (Å²) in [5, 5.41) is 11.2. The van der Waals surface area contributed by atoms with Gasteiger partial charge in [0.15, 0.2) is 23.2 Å². The fourth-order valence-electron chi connectivity index (χ4n) is 1.72. The zero-order valence-electron chi connectivity index (χ0n) is 11.6. The Kier molecular flexibility index (Phi) is 6.17. The standard InChI is InChI=1S/C13H19F2N3O2/c1-3-18(4-2)5-6-20-12-10(14)7-9(8-11(12)15)13(16)17-19/h7-8,19H,3-6H2,1-2H3,(H2,16,17). The Hall–Kier alpha value is -1.89. The quantitative estimate of drug-likeness (QED) is 0.347. The third-order valence-corrected chi connectivity index (χ3v) is 2.95. The second-order valence-corrected chi connectivity index (χ2v) is 4.13. The molecule has 0 heterocycles. The van der Waals surface area contributed by atoms with E-state index in [2.05, 4.69) is 10.1 Å². The third kappa shape index (κ3) is 4.06. The van der Waals surface area contributed by atoms with Crippen LogP contribution >= 0.6 is 0 Å². The maximum atomic E-state index is 13.7. The highest BCUT2D eigenvalue weighted by Crippen LogP contribution is 2.23. The van der Waals surface area contributed by atoms with E-state index in [1.54, 1.807) is 0 Å². The molecule has 0 amide bonds. The van der Waals surface area contributed by atoms with Gasteiger partial charge in [-0.1, -0.05) is 19.0 Å². The van der Waals surface area contributed by atoms with Crippen molar-refractivity contribution in [2.75, 3.05) is 26.2 Å². The van der Waals surface area contributed by atoms with E-state index in [1.807, 2.05) is 13.8 Å². The number of likely N-dealkylation sites (N-methyl/N-ethyl adjacent to an activating group) is 1. The first-order valence-electron chi connectivity index (χ1n) is 6.35. The third-order valence-electron chi connectivity index (χ3n) is 2.95. The van der Waals surface area contributed by atoms with Crippen molar-refractivity contribution >= 4 is 5.84 Å². The lowest BCUT2D eigenvalue weighted by atomic mass is 10.2. The van der Waals surface area contributed by atoms with Gasteiger partial charge in [-0.3, -0.25) is 0 Å². The van der Waals surface area contributed by atoms with Crippen LogP contribution in [0.3, 0.4) is 0 Å². The topological polar surface area (TPSA) is 71.1 Å². The van der Waals surface area contributed by atoms with Crippen LogP contribution in [0.5, 0.6) is 5.75 Å². The lowest BCUT2D eigenvalue weighted by Gasteiger charge is -2.18. The summed E-state index contributed by atoms with van der Waals surface area (Å²) in [4.78, 5) is 2.07. The van der Waals surface area contributed by atoms with E-state index >= 15 is 0 Å². The van der Waals surface area contributed by atoms with Crippen LogP contribution in [0.2, 0.25) is 0 Å². The van der Waals surface area contributed by atoms with Gasteiger partial charge in [0.1, 0.15) is 6.61 Å². The minimum Gasteiger partial charge on any atom is -0.486 e. The van der Waals surface area contributed by atoms with Crippen molar-refractivity contribution in [1.29, 1.82) is 0 Å². The minimum atomic E-state index is -0.883. The molecule has 20 heavy (non-hydrogen) atoms. The normalized spacial score (nSPS) is 11.9. The van der Waals surface area contributed by atoms with Gasteiger partial charge in [-0.25, -0.2) is 8.78 Å². The van der Waals surface area contributed by atoms with E-state index < -0.39 is 17.4 Å². The number of amidine groups is 1. The lowest BCUT2D eigenvalue weighted by molar-refractivity contribution is 0.211. The SMILES string of the molecule is CCN(CC)CCOc1c(F)cc(C(N)=NO)cc1F. The van der Waals surface area contributed by atoms with Gasteiger partial charge in [-0.2, -0.15) is 0 Å². The predicted molar refractivity (Wildman–Crippen MR) is 72.2 cm³/mol. The van der Waals surface area contributed by atoms with Crippen LogP contribution in [-0.2, 0) is 0 Å². The smallest absolute Gasteiger partial charge is 0.190 e. The van der Waals surface area contributed by atoms with Crippen molar-refractivity contribution in [1.82, 2.24) is 4.90 Å². The number of halogens is 2. The van der Waals surface area contributed by atoms with Gasteiger partial charge in [-0.05, 0) is 25.2 Å². The molecule has 0 aliphatic heterocycles. The molecule has 0 bridgehead atoms. The van der Waals surface area contributed by atoms with Crippen molar-refractivity contribution in [2.45, 2.75) is 13.8 Å². The Balaban J connectivity index is 2.77. The Morgan fingerprint density at radius 2 is 1.85 bits per heavy atom. The molecule has 3 N–H and O–H groups in total. The molecular formula is C13H19F2N3O2. The summed E-state index contributed by atoms with van der Waals surface area (Å²) in [6.07, 6.45) is 0. The van der Waals surface area contributed by atoms with Gasteiger partial charge in [0.2, 0.25) is 0 Å². The number of nitrogens with two attached hydrogens (primary N) is 1. The van der Waals surface area contributed by atoms with Crippen molar-refractivity contribution in [2.24, 2.45) is 10.9 Å². The van der Waals surface area contributed by atoms with Crippen molar-refractivity contribution in [3.8, 4) is 5.75 Å². The van der Waals surface area contributed by atoms with E-state index in [0.29, 0.717) is 6.54 Å². The Morgan fingerprint density at radius 3 is 2.30 bits per heavy atom. The highest BCUT2D eigenvalue weighted by atomic mass is 19.1. The highest BCUT2D eigenvalue weighted by molar-refractivity contribution is 5.97. The fourth-order valence-corrected chi connectivity index (χ4v) is 1.72. The molecule has 112 valence electrons. The van der Waals surface area contributed by atoms with Gasteiger partial charge < -0.3 is 20.6 Å². The molecule has 0 aromatic heterocycles. The first-order chi connectivity index (χ1) is 9.53. The number of oxime groups is 1. The molecule has 0 saturated heterocycles. The average molecular weight is 287 g/mol. The number of nitrogens with zero attached hydrogens (tertiary/aromatic N) is 2. The van der Waals surface area contributed by atoms with Gasteiger partial charge in [0, 0.05) is 12.1 Å². The first-order valence-corrected chi connectivity index (χ1v) is 6.35. The van der Waals surface area contributed by atoms with Crippen LogP contribution < -0.4 is 10.5 Å². The van der Waals surface area contributed by atoms with Crippen molar-refractivity contribution < 1.29 is 18.7 Å². The van der Waals surface area contributed by atoms with Gasteiger partial charge in [0.05, 0.1) is 0 Å². The molecule has 0 aliphatic rings. The largest absolute Gasteiger partial charge is 0.486 e. The maximum absolute atomic E-state index is 13.7. The molecule has 0 radical (unpaired) electrons. The maximum Gasteiger partial charge on any atom is 0.190 e. The summed E-state index contributed by atoms with van der Waals surface area (Å²) in [6, 6.07) is 1.93. The molecule has 0 unspecified atom stereocenters. The molecule has 0 atom stereocenters. The molecular weight excluding hydrogens is 268 g/mol. The summed E-state index contributed by atoms with van der Waals surface area (Å²) in [6.45, 7) is 6.43. The van der Waals surface area contributed by atoms with Crippen LogP contribution in [-0.4, -0.2) is 42.2 Å². The first kappa shape index (κ1) is 16.2. The summed E-state index contributed by atoms with van der Waals surface area (Å²) in [7, 11) is 0. The van der Waals surface area contributed by atoms with E-state index in [9.17, 15) is 8.78 Å². The zero-order valence-corrected chi connectivity index (χ0v) is 11.6. The highest BCUT2D eigenvalue weighted by Gasteiger charge is 2.14. The molecule has 5 nitrogen and oxygen atoms in total. The van der Waals surface area contributed by atoms with E-state index in [0.717, 1.165) is 25.2 Å². The number of ether oxygens (including phenoxy) is 1. The Bertz CT molecular complexity index is 454. The van der Waals surface area contributed by atoms with Gasteiger partial charge >= 0.3 is 0 Å². The number of hydrogen-bond donors (Lipinski definition) is 2. The Morgan fingerprint density at radius 1 is 1.30 bits per heavy atom. The van der Waals surface area contributed by atoms with Crippen LogP contribution in [0.15, 0.2) is 17.3 Å². The second-order valence-electron chi connectivity index (χ2n) is 4.13. The Labute approximate surface area is 116 Å². The zero-order chi connectivity index (χ0) is 15.1. The molecule has 0 spiro atoms. The fraction of sp³-hybridized carbons (Fsp3) is 0.462. The number of hydrogen-bond acceptors (Lipinski definition) is 4. The van der Waals surface area contributed by atoms with Crippen molar-refractivity contribution in [3.05, 3.63) is 29.3 Å². The number of rotatable bonds is 7. The molecule has 7 heteroatoms. The molecule has 0 fully saturated rings. The van der Waals surface area contributed by atoms with Crippen molar-refractivity contribution in [3.63, 3.8) is 0 Å². The molecule has 1 aromatic carbocycles. The van der Waals surface area contributed by atoms with Crippen LogP contribution in [0.25, 0.3) is 0 Å². The van der Waals surface area contributed by atoms with E-state index in [-0.39, 0.29) is 18.0 Å². The summed E-state index contributed by atoms with van der Waals surface area (Å²) < 4.78 is 32.6. The number of benzene rings is 1. The summed E-state index contributed by atoms with van der Waals surface area (Å²) >= 11 is 0. The van der Waals surface area contributed by atoms with E-state index in [1.165, 1.54) is 0 Å². The minimum absolute atomic E-state index is 0.0430. The summed E-state index contributed by atoms with van der Waals surface area (Å²) in [5.41, 5.74) is 5.23. The summed E-state index contributed by atoms with van der Waals surface area (Å²) in [5.74, 6) is -2.58. The van der Waals surface area contributed by atoms with Crippen LogP contribution in [0, 0.1) is 11.6 Å². The average Bonchev–Trinajstić information content (AvgIpc) is 2.44. The van der Waals surface area contributed by atoms with Gasteiger partial charge in [-0.15, -0.1) is 0 Å². The molecule has 0 aliphatic carbocycles. The predicted octanol–water partition coefficient (Wildman–Crippen LogP) is 1.78. The lowest BCUT2D eigenvalue weighted by Crippen LogP contribution is -2.28. The second kappa shape index (κ2) is 7.64.